The number of ether oxygens (including phenoxy) is 1. The number of hydrogen-bond donors (Lipinski definition) is 1. The van der Waals surface area contributed by atoms with Crippen LogP contribution in [0.2, 0.25) is 5.02 Å². The van der Waals surface area contributed by atoms with Crippen molar-refractivity contribution in [2.75, 3.05) is 63.2 Å². The van der Waals surface area contributed by atoms with Gasteiger partial charge in [-0.3, -0.25) is 4.79 Å². The van der Waals surface area contributed by atoms with E-state index in [0.717, 1.165) is 76.6 Å². The van der Waals surface area contributed by atoms with E-state index in [9.17, 15) is 9.59 Å². The highest BCUT2D eigenvalue weighted by Gasteiger charge is 2.33. The molecular formula is C32H37ClN6O4. The number of fused-ring (bicyclic) bond motifs is 2. The first kappa shape index (κ1) is 29.2. The molecule has 1 N–H and O–H groups in total. The van der Waals surface area contributed by atoms with Crippen molar-refractivity contribution in [2.24, 2.45) is 5.92 Å². The zero-order chi connectivity index (χ0) is 30.1. The Bertz CT molecular complexity index is 1550. The van der Waals surface area contributed by atoms with Gasteiger partial charge >= 0.3 is 12.0 Å². The van der Waals surface area contributed by atoms with Crippen molar-refractivity contribution < 1.29 is 19.4 Å². The smallest absolute Gasteiger partial charge is 0.328 e. The zero-order valence-corrected chi connectivity index (χ0v) is 25.3. The largest absolute Gasteiger partial charge is 0.478 e. The predicted octanol–water partition coefficient (Wildman–Crippen LogP) is 3.85. The quantitative estimate of drug-likeness (QED) is 0.365. The van der Waals surface area contributed by atoms with Gasteiger partial charge in [-0.25, -0.2) is 4.79 Å². The molecule has 6 rings (SSSR count). The highest BCUT2D eigenvalue weighted by atomic mass is 35.5. The van der Waals surface area contributed by atoms with Gasteiger partial charge in [-0.15, -0.1) is 0 Å². The number of aliphatic carboxylic acids is 1. The Morgan fingerprint density at radius 3 is 2.67 bits per heavy atom. The highest BCUT2D eigenvalue weighted by Crippen LogP contribution is 2.37. The van der Waals surface area contributed by atoms with Crippen LogP contribution in [0.4, 0.5) is 11.5 Å². The normalized spacial score (nSPS) is 19.1. The SMILES string of the molecule is CN(CC1CN(C(=O)/C=C/C(=O)O)C1)c1nc(OC[C@@H]2CCCN2C)nc2c1CCN(c1cccc3cccc(Cl)c13)C2. The number of likely N-dealkylation sites (N-methyl/N-ethyl adjacent to an activating group) is 1. The standard InChI is InChI=1S/C32H37ClN6O4/c1-36-14-5-8-23(36)20-43-32-34-26-19-38(27-10-4-7-22-6-3-9-25(33)30(22)27)15-13-24(26)31(35-32)37(2)16-21-17-39(18-21)28(40)11-12-29(41)42/h3-4,6-7,9-12,21,23H,5,8,13-20H2,1-2H3,(H,41,42)/b12-11+/t23-/m0/s1. The Hall–Kier alpha value is -3.89. The minimum Gasteiger partial charge on any atom is -0.478 e. The maximum atomic E-state index is 12.2. The lowest BCUT2D eigenvalue weighted by Crippen LogP contribution is -2.53. The van der Waals surface area contributed by atoms with Gasteiger partial charge in [0.05, 0.1) is 17.3 Å². The summed E-state index contributed by atoms with van der Waals surface area (Å²) in [5.41, 5.74) is 3.16. The van der Waals surface area contributed by atoms with Crippen LogP contribution in [0, 0.1) is 5.92 Å². The maximum Gasteiger partial charge on any atom is 0.328 e. The number of carbonyl (C=O) groups is 2. The summed E-state index contributed by atoms with van der Waals surface area (Å²) in [4.78, 5) is 41.3. The number of aromatic nitrogens is 2. The lowest BCUT2D eigenvalue weighted by atomic mass is 9.98. The monoisotopic (exact) mass is 604 g/mol. The summed E-state index contributed by atoms with van der Waals surface area (Å²) in [6, 6.07) is 13.0. The second kappa shape index (κ2) is 12.4. The molecule has 10 nitrogen and oxygen atoms in total. The highest BCUT2D eigenvalue weighted by molar-refractivity contribution is 6.36. The molecule has 1 atom stereocenters. The Kier molecular flexibility index (Phi) is 8.41. The Morgan fingerprint density at radius 1 is 1.14 bits per heavy atom. The lowest BCUT2D eigenvalue weighted by molar-refractivity contribution is -0.134. The van der Waals surface area contributed by atoms with Crippen LogP contribution in [0.25, 0.3) is 10.8 Å². The van der Waals surface area contributed by atoms with Gasteiger partial charge < -0.3 is 29.4 Å². The van der Waals surface area contributed by atoms with E-state index in [0.29, 0.717) is 44.8 Å². The van der Waals surface area contributed by atoms with Crippen LogP contribution >= 0.6 is 11.6 Å². The third-order valence-electron chi connectivity index (χ3n) is 8.80. The van der Waals surface area contributed by atoms with Crippen molar-refractivity contribution in [3.63, 3.8) is 0 Å². The van der Waals surface area contributed by atoms with Gasteiger partial charge in [0, 0.05) is 74.0 Å². The zero-order valence-electron chi connectivity index (χ0n) is 24.6. The van der Waals surface area contributed by atoms with Gasteiger partial charge in [0.15, 0.2) is 0 Å². The number of amides is 1. The van der Waals surface area contributed by atoms with Crippen molar-refractivity contribution >= 4 is 45.8 Å². The molecule has 43 heavy (non-hydrogen) atoms. The average molecular weight is 605 g/mol. The summed E-state index contributed by atoms with van der Waals surface area (Å²) >= 11 is 6.68. The Balaban J connectivity index is 1.23. The molecule has 4 heterocycles. The third-order valence-corrected chi connectivity index (χ3v) is 9.12. The second-order valence-electron chi connectivity index (χ2n) is 11.8. The minimum absolute atomic E-state index is 0.257. The van der Waals surface area contributed by atoms with Gasteiger partial charge in [-0.2, -0.15) is 9.97 Å². The van der Waals surface area contributed by atoms with Crippen molar-refractivity contribution in [2.45, 2.75) is 31.8 Å². The molecule has 3 aliphatic rings. The van der Waals surface area contributed by atoms with Gasteiger partial charge in [0.2, 0.25) is 5.91 Å². The molecule has 3 aromatic rings. The number of nitrogens with zero attached hydrogens (tertiary/aromatic N) is 6. The van der Waals surface area contributed by atoms with E-state index >= 15 is 0 Å². The topological polar surface area (TPSA) is 102 Å². The second-order valence-corrected chi connectivity index (χ2v) is 12.2. The van der Waals surface area contributed by atoms with Crippen LogP contribution in [0.3, 0.4) is 0 Å². The molecule has 0 radical (unpaired) electrons. The summed E-state index contributed by atoms with van der Waals surface area (Å²) in [5.74, 6) is -0.279. The number of likely N-dealkylation sites (tertiary alicyclic amines) is 2. The summed E-state index contributed by atoms with van der Waals surface area (Å²) in [6.07, 6.45) is 5.04. The van der Waals surface area contributed by atoms with E-state index in [4.69, 9.17) is 31.4 Å². The van der Waals surface area contributed by atoms with Crippen LogP contribution in [0.1, 0.15) is 24.1 Å². The number of benzene rings is 2. The van der Waals surface area contributed by atoms with E-state index in [2.05, 4.69) is 46.0 Å². The number of carboxylic acid groups (broad SMARTS) is 1. The molecule has 0 unspecified atom stereocenters. The molecule has 0 aliphatic carbocycles. The molecule has 0 bridgehead atoms. The van der Waals surface area contributed by atoms with Gasteiger partial charge in [-0.05, 0) is 50.4 Å². The first-order chi connectivity index (χ1) is 20.8. The van der Waals surface area contributed by atoms with Crippen molar-refractivity contribution in [3.05, 3.63) is 64.8 Å². The average Bonchev–Trinajstić information content (AvgIpc) is 3.39. The molecular weight excluding hydrogens is 568 g/mol. The van der Waals surface area contributed by atoms with Crippen LogP contribution in [-0.4, -0.2) is 96.2 Å². The fraction of sp³-hybridized carbons (Fsp3) is 0.438. The summed E-state index contributed by atoms with van der Waals surface area (Å²) in [5, 5.41) is 11.7. The van der Waals surface area contributed by atoms with Gasteiger partial charge in [0.1, 0.15) is 12.4 Å². The van der Waals surface area contributed by atoms with E-state index in [1.165, 1.54) is 6.42 Å². The molecule has 11 heteroatoms. The van der Waals surface area contributed by atoms with Gasteiger partial charge in [0.25, 0.3) is 0 Å². The van der Waals surface area contributed by atoms with E-state index in [-0.39, 0.29) is 11.8 Å². The van der Waals surface area contributed by atoms with Crippen molar-refractivity contribution in [3.8, 4) is 6.01 Å². The molecule has 1 amide bonds. The molecule has 0 saturated carbocycles. The molecule has 2 fully saturated rings. The summed E-state index contributed by atoms with van der Waals surface area (Å²) in [6.45, 7) is 4.90. The van der Waals surface area contributed by atoms with Crippen molar-refractivity contribution in [1.82, 2.24) is 19.8 Å². The molecule has 3 aliphatic heterocycles. The fourth-order valence-electron chi connectivity index (χ4n) is 6.46. The van der Waals surface area contributed by atoms with Crippen LogP contribution < -0.4 is 14.5 Å². The number of rotatable bonds is 9. The third kappa shape index (κ3) is 6.26. The number of halogens is 1. The van der Waals surface area contributed by atoms with Crippen LogP contribution in [0.15, 0.2) is 48.6 Å². The number of anilines is 2. The first-order valence-electron chi connectivity index (χ1n) is 14.8. The van der Waals surface area contributed by atoms with E-state index < -0.39 is 5.97 Å². The van der Waals surface area contributed by atoms with E-state index in [1.807, 2.05) is 19.2 Å². The number of carboxylic acids is 1. The van der Waals surface area contributed by atoms with Crippen LogP contribution in [-0.2, 0) is 22.6 Å². The molecule has 2 saturated heterocycles. The minimum atomic E-state index is -1.13. The Morgan fingerprint density at radius 2 is 1.93 bits per heavy atom. The lowest BCUT2D eigenvalue weighted by Gasteiger charge is -2.41. The number of hydrogen-bond acceptors (Lipinski definition) is 8. The molecule has 2 aromatic carbocycles. The fourth-order valence-corrected chi connectivity index (χ4v) is 6.74. The first-order valence-corrected chi connectivity index (χ1v) is 15.2. The van der Waals surface area contributed by atoms with Crippen molar-refractivity contribution in [1.29, 1.82) is 0 Å². The van der Waals surface area contributed by atoms with Gasteiger partial charge in [-0.1, -0.05) is 35.9 Å². The van der Waals surface area contributed by atoms with E-state index in [1.54, 1.807) is 4.90 Å². The Labute approximate surface area is 256 Å². The number of carbonyl (C=O) groups excluding carboxylic acids is 1. The molecule has 226 valence electrons. The van der Waals surface area contributed by atoms with Crippen LogP contribution in [0.5, 0.6) is 6.01 Å². The summed E-state index contributed by atoms with van der Waals surface area (Å²) < 4.78 is 6.25. The molecule has 1 aromatic heterocycles. The predicted molar refractivity (Wildman–Crippen MR) is 167 cm³/mol. The summed E-state index contributed by atoms with van der Waals surface area (Å²) in [7, 11) is 4.16. The molecule has 0 spiro atoms. The maximum absolute atomic E-state index is 12.2.